The molecule has 2 rings (SSSR count). The second kappa shape index (κ2) is 6.90. The highest BCUT2D eigenvalue weighted by molar-refractivity contribution is 7.16. The van der Waals surface area contributed by atoms with Crippen LogP contribution in [0.5, 0.6) is 0 Å². The number of urea groups is 1. The highest BCUT2D eigenvalue weighted by atomic mass is 32.1. The number of thiophene rings is 1. The zero-order chi connectivity index (χ0) is 15.2. The van der Waals surface area contributed by atoms with Crippen LogP contribution in [0.2, 0.25) is 0 Å². The molecule has 0 saturated heterocycles. The first-order valence-electron chi connectivity index (χ1n) is 6.55. The number of benzene rings is 1. The summed E-state index contributed by atoms with van der Waals surface area (Å²) in [5.41, 5.74) is 1.11. The number of hydrogen-bond acceptors (Lipinski definition) is 3. The smallest absolute Gasteiger partial charge is 0.338 e. The van der Waals surface area contributed by atoms with Gasteiger partial charge < -0.3 is 10.4 Å². The molecule has 0 atom stereocenters. The summed E-state index contributed by atoms with van der Waals surface area (Å²) in [4.78, 5) is 23.9. The number of carboxylic acids is 1. The Labute approximate surface area is 126 Å². The van der Waals surface area contributed by atoms with E-state index in [0.717, 1.165) is 16.9 Å². The van der Waals surface area contributed by atoms with Crippen molar-refractivity contribution < 1.29 is 14.7 Å². The van der Waals surface area contributed by atoms with Crippen LogP contribution in [0.4, 0.5) is 9.80 Å². The van der Waals surface area contributed by atoms with Gasteiger partial charge in [-0.15, -0.1) is 11.3 Å². The van der Waals surface area contributed by atoms with Crippen molar-refractivity contribution in [3.05, 3.63) is 52.4 Å². The number of rotatable bonds is 5. The minimum atomic E-state index is -1.04. The van der Waals surface area contributed by atoms with Gasteiger partial charge in [-0.2, -0.15) is 0 Å². The fourth-order valence-corrected chi connectivity index (χ4v) is 2.78. The lowest BCUT2D eigenvalue weighted by atomic mass is 10.2. The number of hydrogen-bond donors (Lipinski definition) is 3. The zero-order valence-corrected chi connectivity index (χ0v) is 12.4. The van der Waals surface area contributed by atoms with Crippen LogP contribution in [0.1, 0.15) is 27.7 Å². The van der Waals surface area contributed by atoms with Gasteiger partial charge in [-0.1, -0.05) is 37.3 Å². The van der Waals surface area contributed by atoms with Gasteiger partial charge in [0, 0.05) is 11.4 Å². The van der Waals surface area contributed by atoms with E-state index in [2.05, 4.69) is 10.6 Å². The van der Waals surface area contributed by atoms with Gasteiger partial charge in [-0.25, -0.2) is 9.59 Å². The third kappa shape index (κ3) is 4.06. The van der Waals surface area contributed by atoms with Gasteiger partial charge >= 0.3 is 12.0 Å². The van der Waals surface area contributed by atoms with E-state index in [1.165, 1.54) is 11.3 Å². The fraction of sp³-hybridized carbons (Fsp3) is 0.200. The lowest BCUT2D eigenvalue weighted by molar-refractivity contribution is 0.0698. The topological polar surface area (TPSA) is 78.4 Å². The molecule has 3 N–H and O–H groups in total. The maximum absolute atomic E-state index is 11.8. The Kier molecular flexibility index (Phi) is 4.94. The molecule has 0 fully saturated rings. The first kappa shape index (κ1) is 15.1. The van der Waals surface area contributed by atoms with Crippen LogP contribution < -0.4 is 10.6 Å². The molecule has 21 heavy (non-hydrogen) atoms. The molecule has 0 unspecified atom stereocenters. The van der Waals surface area contributed by atoms with Gasteiger partial charge in [0.2, 0.25) is 0 Å². The summed E-state index contributed by atoms with van der Waals surface area (Å²) >= 11 is 1.29. The number of amides is 2. The van der Waals surface area contributed by atoms with Crippen molar-refractivity contribution in [2.24, 2.45) is 0 Å². The molecule has 0 aliphatic heterocycles. The Hall–Kier alpha value is -2.34. The van der Waals surface area contributed by atoms with E-state index in [0.29, 0.717) is 11.5 Å². The third-order valence-electron chi connectivity index (χ3n) is 2.88. The monoisotopic (exact) mass is 304 g/mol. The molecule has 0 bridgehead atoms. The molecule has 0 radical (unpaired) electrons. The Morgan fingerprint density at radius 3 is 2.57 bits per heavy atom. The minimum Gasteiger partial charge on any atom is -0.478 e. The highest BCUT2D eigenvalue weighted by Gasteiger charge is 2.16. The lowest BCUT2D eigenvalue weighted by Crippen LogP contribution is -2.28. The highest BCUT2D eigenvalue weighted by Crippen LogP contribution is 2.28. The van der Waals surface area contributed by atoms with E-state index in [4.69, 9.17) is 5.11 Å². The molecule has 0 saturated carbocycles. The summed E-state index contributed by atoms with van der Waals surface area (Å²) < 4.78 is 0. The van der Waals surface area contributed by atoms with Crippen molar-refractivity contribution in [3.8, 4) is 0 Å². The number of carboxylic acid groups (broad SMARTS) is 1. The summed E-state index contributed by atoms with van der Waals surface area (Å²) in [6, 6.07) is 10.7. The van der Waals surface area contributed by atoms with Gasteiger partial charge in [0.1, 0.15) is 5.00 Å². The molecular weight excluding hydrogens is 288 g/mol. The van der Waals surface area contributed by atoms with Crippen LogP contribution in [0.3, 0.4) is 0 Å². The molecule has 2 amide bonds. The van der Waals surface area contributed by atoms with E-state index in [1.807, 2.05) is 37.3 Å². The number of anilines is 1. The molecule has 1 aromatic heterocycles. The van der Waals surface area contributed by atoms with E-state index in [-0.39, 0.29) is 5.56 Å². The second-order valence-corrected chi connectivity index (χ2v) is 5.54. The standard InChI is InChI=1S/C15H16N2O3S/c1-2-11-8-12(14(18)19)13(21-11)17-15(20)16-9-10-6-4-3-5-7-10/h3-8H,2,9H2,1H3,(H,18,19)(H2,16,17,20). The Morgan fingerprint density at radius 2 is 1.95 bits per heavy atom. The van der Waals surface area contributed by atoms with Crippen molar-refractivity contribution in [3.63, 3.8) is 0 Å². The molecule has 5 nitrogen and oxygen atoms in total. The van der Waals surface area contributed by atoms with Crippen LogP contribution in [-0.2, 0) is 13.0 Å². The minimum absolute atomic E-state index is 0.131. The van der Waals surface area contributed by atoms with Gasteiger partial charge in [0.25, 0.3) is 0 Å². The molecule has 2 aromatic rings. The predicted molar refractivity (Wildman–Crippen MR) is 83.0 cm³/mol. The zero-order valence-electron chi connectivity index (χ0n) is 11.6. The molecule has 0 aliphatic carbocycles. The average Bonchev–Trinajstić information content (AvgIpc) is 2.89. The third-order valence-corrected chi connectivity index (χ3v) is 4.08. The van der Waals surface area contributed by atoms with Crippen molar-refractivity contribution >= 4 is 28.3 Å². The number of nitrogens with one attached hydrogen (secondary N) is 2. The Balaban J connectivity index is 1.99. The first-order valence-corrected chi connectivity index (χ1v) is 7.36. The van der Waals surface area contributed by atoms with Gasteiger partial charge in [0.05, 0.1) is 5.56 Å². The molecule has 0 aliphatic rings. The molecule has 1 aromatic carbocycles. The van der Waals surface area contributed by atoms with Crippen molar-refractivity contribution in [1.29, 1.82) is 0 Å². The number of carbonyl (C=O) groups excluding carboxylic acids is 1. The first-order chi connectivity index (χ1) is 10.1. The summed E-state index contributed by atoms with van der Waals surface area (Å²) in [6.45, 7) is 2.33. The number of aryl methyl sites for hydroxylation is 1. The Bertz CT molecular complexity index is 638. The van der Waals surface area contributed by atoms with Crippen molar-refractivity contribution in [1.82, 2.24) is 5.32 Å². The van der Waals surface area contributed by atoms with Crippen LogP contribution in [0.25, 0.3) is 0 Å². The quantitative estimate of drug-likeness (QED) is 0.792. The Morgan fingerprint density at radius 1 is 1.24 bits per heavy atom. The molecule has 1 heterocycles. The van der Waals surface area contributed by atoms with E-state index in [1.54, 1.807) is 6.07 Å². The van der Waals surface area contributed by atoms with E-state index < -0.39 is 12.0 Å². The van der Waals surface area contributed by atoms with Crippen LogP contribution in [0.15, 0.2) is 36.4 Å². The summed E-state index contributed by atoms with van der Waals surface area (Å²) in [7, 11) is 0. The van der Waals surface area contributed by atoms with Crippen LogP contribution in [0, 0.1) is 0 Å². The largest absolute Gasteiger partial charge is 0.478 e. The predicted octanol–water partition coefficient (Wildman–Crippen LogP) is 3.33. The van der Waals surface area contributed by atoms with Crippen molar-refractivity contribution in [2.75, 3.05) is 5.32 Å². The van der Waals surface area contributed by atoms with Crippen LogP contribution >= 0.6 is 11.3 Å². The molecular formula is C15H16N2O3S. The molecule has 6 heteroatoms. The van der Waals surface area contributed by atoms with Gasteiger partial charge in [-0.3, -0.25) is 5.32 Å². The summed E-state index contributed by atoms with van der Waals surface area (Å²) in [5.74, 6) is -1.04. The molecule has 0 spiro atoms. The maximum Gasteiger partial charge on any atom is 0.338 e. The SMILES string of the molecule is CCc1cc(C(=O)O)c(NC(=O)NCc2ccccc2)s1. The number of aromatic carboxylic acids is 1. The van der Waals surface area contributed by atoms with Gasteiger partial charge in [-0.05, 0) is 18.1 Å². The second-order valence-electron chi connectivity index (χ2n) is 4.41. The normalized spacial score (nSPS) is 10.1. The lowest BCUT2D eigenvalue weighted by Gasteiger charge is -2.07. The summed E-state index contributed by atoms with van der Waals surface area (Å²) in [5, 5.41) is 14.8. The van der Waals surface area contributed by atoms with E-state index in [9.17, 15) is 9.59 Å². The average molecular weight is 304 g/mol. The summed E-state index contributed by atoms with van der Waals surface area (Å²) in [6.07, 6.45) is 0.734. The van der Waals surface area contributed by atoms with Crippen LogP contribution in [-0.4, -0.2) is 17.1 Å². The number of carbonyl (C=O) groups is 2. The fourth-order valence-electron chi connectivity index (χ4n) is 1.79. The molecule has 110 valence electrons. The van der Waals surface area contributed by atoms with Crippen molar-refractivity contribution in [2.45, 2.75) is 19.9 Å². The maximum atomic E-state index is 11.8. The van der Waals surface area contributed by atoms with E-state index >= 15 is 0 Å². The van der Waals surface area contributed by atoms with Gasteiger partial charge in [0.15, 0.2) is 0 Å².